The maximum Gasteiger partial charge on any atom is 0.276 e. The number of halogens is 1. The minimum atomic E-state index is -0.284. The quantitative estimate of drug-likeness (QED) is 0.478. The summed E-state index contributed by atoms with van der Waals surface area (Å²) in [6.45, 7) is 2.46. The second kappa shape index (κ2) is 8.32. The molecular formula is C24H27ClN8OS. The molecule has 6 rings (SSSR count). The number of piperidine rings is 1. The van der Waals surface area contributed by atoms with Crippen LogP contribution in [0.3, 0.4) is 0 Å². The number of nitrogens with zero attached hydrogens (tertiary/aromatic N) is 5. The summed E-state index contributed by atoms with van der Waals surface area (Å²) in [6.07, 6.45) is 3.50. The number of carbonyl (C=O) groups excluding carboxylic acids is 1. The van der Waals surface area contributed by atoms with Gasteiger partial charge in [0.1, 0.15) is 0 Å². The van der Waals surface area contributed by atoms with E-state index in [1.807, 2.05) is 0 Å². The topological polar surface area (TPSA) is 140 Å². The highest BCUT2D eigenvalue weighted by Gasteiger charge is 2.46. The zero-order valence-electron chi connectivity index (χ0n) is 19.2. The number of amides is 1. The molecule has 182 valence electrons. The van der Waals surface area contributed by atoms with Gasteiger partial charge in [0.2, 0.25) is 0 Å². The highest BCUT2D eigenvalue weighted by Crippen LogP contribution is 2.51. The van der Waals surface area contributed by atoms with E-state index in [1.54, 1.807) is 4.90 Å². The van der Waals surface area contributed by atoms with Gasteiger partial charge in [0.05, 0.1) is 12.2 Å². The Morgan fingerprint density at radius 2 is 1.89 bits per heavy atom. The van der Waals surface area contributed by atoms with E-state index in [9.17, 15) is 4.79 Å². The lowest BCUT2D eigenvalue weighted by Crippen LogP contribution is -2.45. The summed E-state index contributed by atoms with van der Waals surface area (Å²) in [5.41, 5.74) is 22.5. The lowest BCUT2D eigenvalue weighted by molar-refractivity contribution is 0.0731. The third kappa shape index (κ3) is 3.71. The van der Waals surface area contributed by atoms with Crippen LogP contribution in [-0.2, 0) is 19.4 Å². The molecule has 9 nitrogen and oxygen atoms in total. The van der Waals surface area contributed by atoms with Gasteiger partial charge < -0.3 is 27.0 Å². The molecule has 1 saturated heterocycles. The first-order chi connectivity index (χ1) is 16.8. The van der Waals surface area contributed by atoms with Crippen LogP contribution < -0.4 is 22.1 Å². The second-order valence-electron chi connectivity index (χ2n) is 9.67. The Balaban J connectivity index is 1.18. The van der Waals surface area contributed by atoms with E-state index >= 15 is 0 Å². The minimum absolute atomic E-state index is 0.0337. The van der Waals surface area contributed by atoms with Crippen LogP contribution >= 0.6 is 22.9 Å². The molecule has 4 heterocycles. The third-order valence-electron chi connectivity index (χ3n) is 7.75. The molecule has 3 aromatic rings. The van der Waals surface area contributed by atoms with Gasteiger partial charge in [-0.25, -0.2) is 15.0 Å². The Labute approximate surface area is 212 Å². The summed E-state index contributed by atoms with van der Waals surface area (Å²) >= 11 is 7.97. The fourth-order valence-corrected chi connectivity index (χ4v) is 6.93. The van der Waals surface area contributed by atoms with Crippen LogP contribution in [0.15, 0.2) is 24.3 Å². The second-order valence-corrected chi connectivity index (χ2v) is 11.1. The smallest absolute Gasteiger partial charge is 0.276 e. The number of thiazole rings is 1. The number of nitrogen functional groups attached to an aromatic ring is 2. The Morgan fingerprint density at radius 3 is 2.66 bits per heavy atom. The van der Waals surface area contributed by atoms with Crippen molar-refractivity contribution in [2.45, 2.75) is 38.3 Å². The Morgan fingerprint density at radius 1 is 1.11 bits per heavy atom. The van der Waals surface area contributed by atoms with Gasteiger partial charge in [-0.15, -0.1) is 11.3 Å². The molecule has 6 N–H and O–H groups in total. The van der Waals surface area contributed by atoms with Gasteiger partial charge in [-0.3, -0.25) is 4.79 Å². The number of carbonyl (C=O) groups is 1. The first kappa shape index (κ1) is 22.5. The summed E-state index contributed by atoms with van der Waals surface area (Å²) in [5.74, 6) is 0.332. The summed E-state index contributed by atoms with van der Waals surface area (Å²) in [5, 5.41) is 0.707. The summed E-state index contributed by atoms with van der Waals surface area (Å²) in [6, 6.07) is 8.50. The molecule has 1 aliphatic carbocycles. The molecule has 1 spiro atoms. The monoisotopic (exact) mass is 510 g/mol. The zero-order chi connectivity index (χ0) is 24.3. The van der Waals surface area contributed by atoms with Crippen molar-refractivity contribution >= 4 is 45.6 Å². The molecule has 1 atom stereocenters. The first-order valence-electron chi connectivity index (χ1n) is 11.8. The molecule has 1 fully saturated rings. The van der Waals surface area contributed by atoms with Crippen molar-refractivity contribution in [3.8, 4) is 0 Å². The fourth-order valence-electron chi connectivity index (χ4n) is 5.79. The molecular weight excluding hydrogens is 484 g/mol. The zero-order valence-corrected chi connectivity index (χ0v) is 20.8. The van der Waals surface area contributed by atoms with Crippen LogP contribution in [0.25, 0.3) is 0 Å². The van der Waals surface area contributed by atoms with E-state index in [4.69, 9.17) is 28.8 Å². The molecule has 35 heavy (non-hydrogen) atoms. The standard InChI is InChI=1S/C24H27ClN8OS/c25-19-21(32-9-6-24(7-10-32)11-13-3-1-2-4-14(13)18(24)26)31-20(27)17(30-19)22(34)33-8-5-15-16(12-33)35-23(28)29-15/h1-4,18H,5-12,26H2,(H2,27,31)(H2,28,29)/t18-/m1/s1. The summed E-state index contributed by atoms with van der Waals surface area (Å²) in [4.78, 5) is 31.3. The lowest BCUT2D eigenvalue weighted by atomic mass is 9.73. The molecule has 0 unspecified atom stereocenters. The molecule has 2 aromatic heterocycles. The number of nitrogens with two attached hydrogens (primary N) is 3. The Bertz CT molecular complexity index is 1320. The van der Waals surface area contributed by atoms with Gasteiger partial charge in [0.15, 0.2) is 27.6 Å². The molecule has 1 aromatic carbocycles. The van der Waals surface area contributed by atoms with Crippen LogP contribution in [-0.4, -0.2) is 45.4 Å². The van der Waals surface area contributed by atoms with E-state index in [-0.39, 0.29) is 34.0 Å². The van der Waals surface area contributed by atoms with Gasteiger partial charge in [0.25, 0.3) is 5.91 Å². The number of aromatic nitrogens is 3. The summed E-state index contributed by atoms with van der Waals surface area (Å²) in [7, 11) is 0. The average molecular weight is 511 g/mol. The molecule has 1 amide bonds. The Kier molecular flexibility index (Phi) is 5.35. The SMILES string of the molecule is Nc1nc2c(s1)CN(C(=O)c1nc(Cl)c(N3CCC4(CC3)Cc3ccccc3[C@H]4N)nc1N)CC2. The number of hydrogen-bond donors (Lipinski definition) is 3. The van der Waals surface area contributed by atoms with E-state index in [0.717, 1.165) is 42.9 Å². The van der Waals surface area contributed by atoms with E-state index in [1.165, 1.54) is 22.5 Å². The van der Waals surface area contributed by atoms with Gasteiger partial charge in [-0.05, 0) is 35.8 Å². The van der Waals surface area contributed by atoms with Gasteiger partial charge in [0, 0.05) is 37.0 Å². The van der Waals surface area contributed by atoms with Crippen molar-refractivity contribution in [3.05, 3.63) is 56.8 Å². The van der Waals surface area contributed by atoms with Gasteiger partial charge >= 0.3 is 0 Å². The van der Waals surface area contributed by atoms with Gasteiger partial charge in [-0.2, -0.15) is 0 Å². The highest BCUT2D eigenvalue weighted by atomic mass is 35.5. The minimum Gasteiger partial charge on any atom is -0.382 e. The normalized spacial score (nSPS) is 20.7. The largest absolute Gasteiger partial charge is 0.382 e. The average Bonchev–Trinajstić information content (AvgIpc) is 3.36. The number of anilines is 3. The predicted molar refractivity (Wildman–Crippen MR) is 137 cm³/mol. The highest BCUT2D eigenvalue weighted by molar-refractivity contribution is 7.15. The maximum absolute atomic E-state index is 13.2. The first-order valence-corrected chi connectivity index (χ1v) is 13.0. The Hall–Kier alpha value is -2.95. The van der Waals surface area contributed by atoms with Crippen molar-refractivity contribution in [2.24, 2.45) is 11.1 Å². The summed E-state index contributed by atoms with van der Waals surface area (Å²) < 4.78 is 0. The van der Waals surface area contributed by atoms with Crippen molar-refractivity contribution in [3.63, 3.8) is 0 Å². The van der Waals surface area contributed by atoms with Crippen LogP contribution in [0.2, 0.25) is 5.15 Å². The molecule has 3 aliphatic rings. The number of rotatable bonds is 2. The molecule has 11 heteroatoms. The number of hydrogen-bond acceptors (Lipinski definition) is 9. The number of benzene rings is 1. The van der Waals surface area contributed by atoms with E-state index in [2.05, 4.69) is 44.1 Å². The van der Waals surface area contributed by atoms with E-state index < -0.39 is 0 Å². The fraction of sp³-hybridized carbons (Fsp3) is 0.417. The van der Waals surface area contributed by atoms with Crippen molar-refractivity contribution in [2.75, 3.05) is 36.0 Å². The van der Waals surface area contributed by atoms with Crippen LogP contribution in [0.5, 0.6) is 0 Å². The molecule has 0 bridgehead atoms. The lowest BCUT2D eigenvalue weighted by Gasteiger charge is -2.42. The molecule has 2 aliphatic heterocycles. The van der Waals surface area contributed by atoms with Gasteiger partial charge in [-0.1, -0.05) is 35.9 Å². The maximum atomic E-state index is 13.2. The van der Waals surface area contributed by atoms with Crippen molar-refractivity contribution in [1.82, 2.24) is 19.9 Å². The third-order valence-corrected chi connectivity index (χ3v) is 8.92. The van der Waals surface area contributed by atoms with Crippen LogP contribution in [0.4, 0.5) is 16.8 Å². The van der Waals surface area contributed by atoms with Crippen LogP contribution in [0.1, 0.15) is 51.1 Å². The van der Waals surface area contributed by atoms with Crippen molar-refractivity contribution in [1.29, 1.82) is 0 Å². The molecule has 0 radical (unpaired) electrons. The van der Waals surface area contributed by atoms with E-state index in [0.29, 0.717) is 30.5 Å². The van der Waals surface area contributed by atoms with Crippen molar-refractivity contribution < 1.29 is 4.79 Å². The van der Waals surface area contributed by atoms with Crippen LogP contribution in [0, 0.1) is 5.41 Å². The molecule has 0 saturated carbocycles. The predicted octanol–water partition coefficient (Wildman–Crippen LogP) is 2.79. The number of fused-ring (bicyclic) bond motifs is 2.